The predicted molar refractivity (Wildman–Crippen MR) is 257 cm³/mol. The Morgan fingerprint density at radius 1 is 0.344 bits per heavy atom. The van der Waals surface area contributed by atoms with Crippen LogP contribution in [-0.4, -0.2) is 4.57 Å². The molecule has 0 amide bonds. The van der Waals surface area contributed by atoms with Gasteiger partial charge in [0.05, 0.1) is 11.0 Å². The van der Waals surface area contributed by atoms with Crippen molar-refractivity contribution in [1.82, 2.24) is 4.57 Å². The Balaban J connectivity index is 1.06. The van der Waals surface area contributed by atoms with Crippen LogP contribution in [0.3, 0.4) is 0 Å². The maximum atomic E-state index is 6.88. The summed E-state index contributed by atoms with van der Waals surface area (Å²) >= 11 is 0. The summed E-state index contributed by atoms with van der Waals surface area (Å²) in [6.07, 6.45) is 0. The number of fused-ring (bicyclic) bond motifs is 8. The lowest BCUT2D eigenvalue weighted by molar-refractivity contribution is 0.669. The summed E-state index contributed by atoms with van der Waals surface area (Å²) in [5.41, 5.74) is 15.5. The molecule has 61 heavy (non-hydrogen) atoms. The summed E-state index contributed by atoms with van der Waals surface area (Å²) in [4.78, 5) is 2.33. The predicted octanol–water partition coefficient (Wildman–Crippen LogP) is 16.3. The van der Waals surface area contributed by atoms with Crippen molar-refractivity contribution in [3.63, 3.8) is 0 Å². The molecule has 0 aliphatic carbocycles. The second-order valence-electron chi connectivity index (χ2n) is 15.7. The van der Waals surface area contributed by atoms with Crippen LogP contribution in [0.1, 0.15) is 0 Å². The van der Waals surface area contributed by atoms with Gasteiger partial charge in [-0.25, -0.2) is 0 Å². The second-order valence-corrected chi connectivity index (χ2v) is 15.7. The van der Waals surface area contributed by atoms with E-state index in [0.29, 0.717) is 0 Å². The number of furan rings is 1. The van der Waals surface area contributed by atoms with Crippen LogP contribution in [-0.2, 0) is 0 Å². The molecule has 3 heteroatoms. The zero-order valence-corrected chi connectivity index (χ0v) is 33.2. The van der Waals surface area contributed by atoms with Crippen LogP contribution in [0.25, 0.3) is 93.6 Å². The lowest BCUT2D eigenvalue weighted by Crippen LogP contribution is -2.10. The molecule has 0 aliphatic heterocycles. The molecule has 3 nitrogen and oxygen atoms in total. The normalized spacial score (nSPS) is 11.6. The summed E-state index contributed by atoms with van der Waals surface area (Å²) < 4.78 is 9.30. The first-order valence-electron chi connectivity index (χ1n) is 20.8. The van der Waals surface area contributed by atoms with E-state index in [0.717, 1.165) is 50.3 Å². The molecule has 286 valence electrons. The molecule has 0 aliphatic rings. The minimum absolute atomic E-state index is 0.844. The number of nitrogens with zero attached hydrogens (tertiary/aromatic N) is 2. The number of rotatable bonds is 7. The fourth-order valence-corrected chi connectivity index (χ4v) is 9.41. The third kappa shape index (κ3) is 5.82. The van der Waals surface area contributed by atoms with Crippen molar-refractivity contribution in [2.24, 2.45) is 0 Å². The first-order valence-corrected chi connectivity index (χ1v) is 20.8. The number of para-hydroxylation sites is 3. The van der Waals surface area contributed by atoms with Crippen LogP contribution in [0.4, 0.5) is 17.1 Å². The maximum absolute atomic E-state index is 6.88. The van der Waals surface area contributed by atoms with Crippen LogP contribution < -0.4 is 4.90 Å². The minimum Gasteiger partial charge on any atom is -0.456 e. The quantitative estimate of drug-likeness (QED) is 0.161. The van der Waals surface area contributed by atoms with Crippen molar-refractivity contribution in [3.05, 3.63) is 231 Å². The molecule has 10 aromatic carbocycles. The number of benzene rings is 10. The minimum atomic E-state index is 0.844. The van der Waals surface area contributed by atoms with E-state index < -0.39 is 0 Å². The number of hydrogen-bond donors (Lipinski definition) is 0. The van der Waals surface area contributed by atoms with Gasteiger partial charge in [0.1, 0.15) is 11.2 Å². The van der Waals surface area contributed by atoms with Gasteiger partial charge < -0.3 is 13.9 Å². The van der Waals surface area contributed by atoms with Gasteiger partial charge in [-0.1, -0.05) is 164 Å². The number of aromatic nitrogens is 1. The van der Waals surface area contributed by atoms with Crippen molar-refractivity contribution in [3.8, 4) is 39.1 Å². The number of hydrogen-bond acceptors (Lipinski definition) is 2. The Morgan fingerprint density at radius 2 is 0.951 bits per heavy atom. The van der Waals surface area contributed by atoms with Crippen molar-refractivity contribution in [2.75, 3.05) is 4.90 Å². The third-order valence-electron chi connectivity index (χ3n) is 12.2. The van der Waals surface area contributed by atoms with Crippen LogP contribution in [0.5, 0.6) is 0 Å². The molecule has 0 N–H and O–H groups in total. The summed E-state index contributed by atoms with van der Waals surface area (Å²) in [6.45, 7) is 0. The van der Waals surface area contributed by atoms with Crippen LogP contribution >= 0.6 is 0 Å². The largest absolute Gasteiger partial charge is 0.456 e. The summed E-state index contributed by atoms with van der Waals surface area (Å²) in [5.74, 6) is 0. The highest BCUT2D eigenvalue weighted by molar-refractivity contribution is 6.25. The first-order chi connectivity index (χ1) is 30.3. The van der Waals surface area contributed by atoms with Gasteiger partial charge in [0, 0.05) is 61.3 Å². The third-order valence-corrected chi connectivity index (χ3v) is 12.2. The van der Waals surface area contributed by atoms with Gasteiger partial charge in [0.25, 0.3) is 0 Å². The Labute approximate surface area is 353 Å². The lowest BCUT2D eigenvalue weighted by Gasteiger charge is -2.26. The smallest absolute Gasteiger partial charge is 0.137 e. The molecule has 0 saturated heterocycles. The summed E-state index contributed by atoms with van der Waals surface area (Å²) in [5, 5.41) is 7.05. The molecule has 0 spiro atoms. The molecule has 0 atom stereocenters. The Hall–Kier alpha value is -8.14. The summed E-state index contributed by atoms with van der Waals surface area (Å²) in [7, 11) is 0. The molecular weight excluding hydrogens is 741 g/mol. The van der Waals surface area contributed by atoms with Crippen LogP contribution in [0.2, 0.25) is 0 Å². The molecule has 0 radical (unpaired) electrons. The zero-order chi connectivity index (χ0) is 40.3. The van der Waals surface area contributed by atoms with E-state index in [1.165, 1.54) is 60.4 Å². The van der Waals surface area contributed by atoms with E-state index >= 15 is 0 Å². The Morgan fingerprint density at radius 3 is 1.75 bits per heavy atom. The second kappa shape index (κ2) is 14.3. The zero-order valence-electron chi connectivity index (χ0n) is 33.2. The molecule has 0 unspecified atom stereocenters. The van der Waals surface area contributed by atoms with Crippen molar-refractivity contribution < 1.29 is 4.42 Å². The van der Waals surface area contributed by atoms with Gasteiger partial charge in [0.15, 0.2) is 0 Å². The molecule has 0 saturated carbocycles. The van der Waals surface area contributed by atoms with Gasteiger partial charge in [-0.05, 0) is 93.9 Å². The average molecular weight is 779 g/mol. The van der Waals surface area contributed by atoms with E-state index in [9.17, 15) is 0 Å². The van der Waals surface area contributed by atoms with E-state index in [1.54, 1.807) is 0 Å². The molecular formula is C58H38N2O. The van der Waals surface area contributed by atoms with Crippen LogP contribution in [0, 0.1) is 0 Å². The van der Waals surface area contributed by atoms with Gasteiger partial charge in [-0.3, -0.25) is 0 Å². The molecule has 0 bridgehead atoms. The Bertz CT molecular complexity index is 3570. The fourth-order valence-electron chi connectivity index (χ4n) is 9.41. The van der Waals surface area contributed by atoms with E-state index in [4.69, 9.17) is 4.42 Å². The van der Waals surface area contributed by atoms with Crippen LogP contribution in [0.15, 0.2) is 235 Å². The highest BCUT2D eigenvalue weighted by Crippen LogP contribution is 2.46. The molecule has 2 aromatic heterocycles. The highest BCUT2D eigenvalue weighted by Gasteiger charge is 2.21. The van der Waals surface area contributed by atoms with Gasteiger partial charge in [-0.2, -0.15) is 0 Å². The SMILES string of the molecule is c1ccc(-c2ccc(N(c3cccc(-c4ccccc4)c3)c3ccc4c(c3)oc3ccc5cccc(-c6cccc7c8ccccc8n(-c8ccccc8)c67)c5c34)cc2)cc1. The van der Waals surface area contributed by atoms with Gasteiger partial charge >= 0.3 is 0 Å². The first kappa shape index (κ1) is 34.9. The topological polar surface area (TPSA) is 21.3 Å². The van der Waals surface area contributed by atoms with E-state index in [-0.39, 0.29) is 0 Å². The average Bonchev–Trinajstić information content (AvgIpc) is 3.88. The van der Waals surface area contributed by atoms with Crippen molar-refractivity contribution >= 4 is 71.6 Å². The van der Waals surface area contributed by atoms with Gasteiger partial charge in [-0.15, -0.1) is 0 Å². The monoisotopic (exact) mass is 778 g/mol. The van der Waals surface area contributed by atoms with Crippen molar-refractivity contribution in [1.29, 1.82) is 0 Å². The highest BCUT2D eigenvalue weighted by atomic mass is 16.3. The Kier molecular flexibility index (Phi) is 8.17. The standard InChI is InChI=1S/C58H38N2O/c1-4-15-39(16-5-1)41-29-32-45(33-30-41)59(46-23-12-20-43(37-46)40-17-6-2-7-18-40)47-34-35-52-55(38-47)61-54-36-31-42-19-13-25-49(56(42)57(52)54)51-27-14-26-50-48-24-10-11-28-53(48)60(58(50)51)44-21-8-3-9-22-44/h1-38H. The van der Waals surface area contributed by atoms with Crippen molar-refractivity contribution in [2.45, 2.75) is 0 Å². The van der Waals surface area contributed by atoms with E-state index in [2.05, 4.69) is 240 Å². The maximum Gasteiger partial charge on any atom is 0.137 e. The molecule has 12 rings (SSSR count). The fraction of sp³-hybridized carbons (Fsp3) is 0. The lowest BCUT2D eigenvalue weighted by atomic mass is 9.93. The molecule has 2 heterocycles. The van der Waals surface area contributed by atoms with E-state index in [1.807, 2.05) is 0 Å². The molecule has 12 aromatic rings. The van der Waals surface area contributed by atoms with Gasteiger partial charge in [0.2, 0.25) is 0 Å². The molecule has 0 fully saturated rings. The summed E-state index contributed by atoms with van der Waals surface area (Å²) in [6, 6.07) is 82.7. The number of anilines is 3.